The van der Waals surface area contributed by atoms with Crippen LogP contribution in [-0.2, 0) is 19.1 Å². The number of methoxy groups -OCH3 is 1. The molecule has 0 radical (unpaired) electrons. The largest absolute Gasteiger partial charge is 0.467 e. The molecule has 0 rings (SSSR count). The summed E-state index contributed by atoms with van der Waals surface area (Å²) in [6.07, 6.45) is 2.33. The van der Waals surface area contributed by atoms with Gasteiger partial charge < -0.3 is 36.5 Å². The maximum atomic E-state index is 12.5. The first-order chi connectivity index (χ1) is 14.0. The van der Waals surface area contributed by atoms with Crippen LogP contribution in [0.1, 0.15) is 52.9 Å². The van der Waals surface area contributed by atoms with Gasteiger partial charge in [-0.15, -0.1) is 0 Å². The number of ether oxygens (including phenoxy) is 2. The summed E-state index contributed by atoms with van der Waals surface area (Å²) < 4.78 is 9.92. The van der Waals surface area contributed by atoms with Crippen LogP contribution >= 0.6 is 0 Å². The highest BCUT2D eigenvalue weighted by atomic mass is 16.6. The standard InChI is InChI=1S/C19H38N6O5/c1-19(2,3)30-18(28)24-11-7-6-9-13(22-4)15(26)25-14(16(27)29-5)10-8-12-23-17(20)21/h13-14,22H,6-12H2,1-5H3,(H,24,28)(H,25,26)(H4,20,21,23). The second-order valence-electron chi connectivity index (χ2n) is 7.83. The van der Waals surface area contributed by atoms with E-state index in [0.29, 0.717) is 45.2 Å². The van der Waals surface area contributed by atoms with Gasteiger partial charge in [0.15, 0.2) is 5.96 Å². The van der Waals surface area contributed by atoms with E-state index < -0.39 is 29.7 Å². The van der Waals surface area contributed by atoms with Gasteiger partial charge in [0.05, 0.1) is 13.2 Å². The summed E-state index contributed by atoms with van der Waals surface area (Å²) in [5, 5.41) is 18.1. The lowest BCUT2D eigenvalue weighted by atomic mass is 10.1. The molecule has 0 aliphatic carbocycles. The number of likely N-dealkylation sites (N-methyl/N-ethyl adjacent to an activating group) is 1. The first-order valence-electron chi connectivity index (χ1n) is 10.1. The van der Waals surface area contributed by atoms with E-state index in [2.05, 4.69) is 21.3 Å². The molecule has 2 atom stereocenters. The minimum atomic E-state index is -0.777. The van der Waals surface area contributed by atoms with Crippen LogP contribution in [0, 0.1) is 5.41 Å². The fourth-order valence-corrected chi connectivity index (χ4v) is 2.58. The Morgan fingerprint density at radius 3 is 2.13 bits per heavy atom. The molecule has 0 bridgehead atoms. The second-order valence-corrected chi connectivity index (χ2v) is 7.83. The summed E-state index contributed by atoms with van der Waals surface area (Å²) in [6.45, 7) is 6.25. The first-order valence-corrected chi connectivity index (χ1v) is 10.1. The number of esters is 1. The van der Waals surface area contributed by atoms with E-state index in [1.54, 1.807) is 27.8 Å². The molecule has 11 heteroatoms. The molecule has 0 spiro atoms. The average molecular weight is 431 g/mol. The Bertz CT molecular complexity index is 564. The van der Waals surface area contributed by atoms with Crippen molar-refractivity contribution in [3.63, 3.8) is 0 Å². The molecule has 174 valence electrons. The maximum absolute atomic E-state index is 12.5. The summed E-state index contributed by atoms with van der Waals surface area (Å²) in [5.41, 5.74) is 4.67. The lowest BCUT2D eigenvalue weighted by molar-refractivity contribution is -0.145. The van der Waals surface area contributed by atoms with Crippen molar-refractivity contribution in [2.75, 3.05) is 27.2 Å². The van der Waals surface area contributed by atoms with Gasteiger partial charge in [0.2, 0.25) is 5.91 Å². The van der Waals surface area contributed by atoms with Crippen molar-refractivity contribution in [1.29, 1.82) is 5.41 Å². The van der Waals surface area contributed by atoms with Gasteiger partial charge in [-0.3, -0.25) is 10.2 Å². The molecule has 2 unspecified atom stereocenters. The summed E-state index contributed by atoms with van der Waals surface area (Å²) in [4.78, 5) is 36.1. The number of unbranched alkanes of at least 4 members (excludes halogenated alkanes) is 1. The van der Waals surface area contributed by atoms with Gasteiger partial charge in [-0.05, 0) is 59.9 Å². The molecule has 11 nitrogen and oxygen atoms in total. The highest BCUT2D eigenvalue weighted by Gasteiger charge is 2.25. The van der Waals surface area contributed by atoms with E-state index in [-0.39, 0.29) is 11.9 Å². The Labute approximate surface area is 178 Å². The van der Waals surface area contributed by atoms with Gasteiger partial charge >= 0.3 is 12.1 Å². The molecule has 0 aliphatic rings. The zero-order chi connectivity index (χ0) is 23.2. The quantitative estimate of drug-likeness (QED) is 0.104. The van der Waals surface area contributed by atoms with Crippen LogP contribution < -0.4 is 27.0 Å². The smallest absolute Gasteiger partial charge is 0.407 e. The highest BCUT2D eigenvalue weighted by Crippen LogP contribution is 2.07. The fourth-order valence-electron chi connectivity index (χ4n) is 2.58. The molecule has 0 saturated carbocycles. The molecule has 7 N–H and O–H groups in total. The van der Waals surface area contributed by atoms with Crippen LogP contribution in [0.25, 0.3) is 0 Å². The number of amides is 2. The number of hydrogen-bond donors (Lipinski definition) is 6. The molecular weight excluding hydrogens is 392 g/mol. The fraction of sp³-hybridized carbons (Fsp3) is 0.789. The summed E-state index contributed by atoms with van der Waals surface area (Å²) in [5.74, 6) is -0.972. The van der Waals surface area contributed by atoms with Crippen LogP contribution in [0.5, 0.6) is 0 Å². The van der Waals surface area contributed by atoms with Crippen LogP contribution in [0.2, 0.25) is 0 Å². The molecule has 30 heavy (non-hydrogen) atoms. The first kappa shape index (κ1) is 27.4. The van der Waals surface area contributed by atoms with Gasteiger partial charge in [0.1, 0.15) is 11.6 Å². The number of guanidine groups is 1. The Balaban J connectivity index is 4.38. The van der Waals surface area contributed by atoms with Gasteiger partial charge in [0.25, 0.3) is 0 Å². The zero-order valence-corrected chi connectivity index (χ0v) is 18.7. The molecule has 0 aliphatic heterocycles. The Kier molecular flexibility index (Phi) is 13.2. The minimum absolute atomic E-state index is 0.148. The lowest BCUT2D eigenvalue weighted by Crippen LogP contribution is -2.50. The Morgan fingerprint density at radius 2 is 1.60 bits per heavy atom. The van der Waals surface area contributed by atoms with Gasteiger partial charge in [-0.25, -0.2) is 9.59 Å². The van der Waals surface area contributed by atoms with Gasteiger partial charge in [0, 0.05) is 13.1 Å². The molecule has 0 fully saturated rings. The normalized spacial score (nSPS) is 13.0. The van der Waals surface area contributed by atoms with E-state index in [1.807, 2.05) is 0 Å². The monoisotopic (exact) mass is 430 g/mol. The number of alkyl carbamates (subject to hydrolysis) is 1. The van der Waals surface area contributed by atoms with Gasteiger partial charge in [-0.2, -0.15) is 0 Å². The van der Waals surface area contributed by atoms with Gasteiger partial charge in [-0.1, -0.05) is 0 Å². The third-order valence-corrected chi connectivity index (χ3v) is 4.04. The number of hydrogen-bond acceptors (Lipinski definition) is 7. The number of nitrogens with two attached hydrogens (primary N) is 1. The summed E-state index contributed by atoms with van der Waals surface area (Å²) in [7, 11) is 2.94. The number of nitrogens with one attached hydrogen (secondary N) is 5. The lowest BCUT2D eigenvalue weighted by Gasteiger charge is -2.21. The van der Waals surface area contributed by atoms with E-state index in [9.17, 15) is 14.4 Å². The van der Waals surface area contributed by atoms with E-state index in [4.69, 9.17) is 20.6 Å². The molecule has 0 heterocycles. The van der Waals surface area contributed by atoms with E-state index >= 15 is 0 Å². The zero-order valence-electron chi connectivity index (χ0n) is 18.7. The molecule has 0 aromatic carbocycles. The van der Waals surface area contributed by atoms with Crippen LogP contribution in [0.15, 0.2) is 0 Å². The van der Waals surface area contributed by atoms with Crippen molar-refractivity contribution >= 4 is 23.9 Å². The molecule has 0 aromatic rings. The number of carbonyl (C=O) groups is 3. The SMILES string of the molecule is CNC(CCCCNC(=O)OC(C)(C)C)C(=O)NC(CCCNC(=N)N)C(=O)OC. The van der Waals surface area contributed by atoms with Crippen molar-refractivity contribution in [3.8, 4) is 0 Å². The Hall–Kier alpha value is -2.56. The predicted octanol–water partition coefficient (Wildman–Crippen LogP) is 0.190. The molecule has 2 amide bonds. The number of carbonyl (C=O) groups excluding carboxylic acids is 3. The van der Waals surface area contributed by atoms with Crippen molar-refractivity contribution in [2.45, 2.75) is 70.6 Å². The predicted molar refractivity (Wildman–Crippen MR) is 114 cm³/mol. The van der Waals surface area contributed by atoms with Crippen molar-refractivity contribution < 1.29 is 23.9 Å². The summed E-state index contributed by atoms with van der Waals surface area (Å²) >= 11 is 0. The third kappa shape index (κ3) is 13.6. The van der Waals surface area contributed by atoms with Crippen molar-refractivity contribution in [1.82, 2.24) is 21.3 Å². The average Bonchev–Trinajstić information content (AvgIpc) is 2.64. The van der Waals surface area contributed by atoms with Crippen LogP contribution in [0.4, 0.5) is 4.79 Å². The van der Waals surface area contributed by atoms with Crippen LogP contribution in [0.3, 0.4) is 0 Å². The second kappa shape index (κ2) is 14.4. The highest BCUT2D eigenvalue weighted by molar-refractivity contribution is 5.87. The molecule has 0 saturated heterocycles. The maximum Gasteiger partial charge on any atom is 0.407 e. The van der Waals surface area contributed by atoms with Crippen LogP contribution in [-0.4, -0.2) is 68.9 Å². The van der Waals surface area contributed by atoms with Crippen molar-refractivity contribution in [3.05, 3.63) is 0 Å². The van der Waals surface area contributed by atoms with E-state index in [0.717, 1.165) is 0 Å². The minimum Gasteiger partial charge on any atom is -0.467 e. The molecular formula is C19H38N6O5. The molecule has 0 aromatic heterocycles. The topological polar surface area (TPSA) is 168 Å². The third-order valence-electron chi connectivity index (χ3n) is 4.04. The Morgan fingerprint density at radius 1 is 1.00 bits per heavy atom. The summed E-state index contributed by atoms with van der Waals surface area (Å²) in [6, 6.07) is -1.25. The van der Waals surface area contributed by atoms with E-state index in [1.165, 1.54) is 7.11 Å². The number of rotatable bonds is 13. The van der Waals surface area contributed by atoms with Crippen molar-refractivity contribution in [2.24, 2.45) is 5.73 Å².